The predicted molar refractivity (Wildman–Crippen MR) is 130 cm³/mol. The number of aliphatic hydroxyl groups is 1. The van der Waals surface area contributed by atoms with E-state index < -0.39 is 17.5 Å². The molecule has 4 aromatic rings. The SMILES string of the molecule is CC1(c2cc(-c3ccc(-c4ccc(NCCO)cc4)cc3)nc3ccncc23)NC(=O)NC1=O. The summed E-state index contributed by atoms with van der Waals surface area (Å²) >= 11 is 0. The van der Waals surface area contributed by atoms with Crippen molar-refractivity contribution in [2.24, 2.45) is 0 Å². The number of carbonyl (C=O) groups is 2. The van der Waals surface area contributed by atoms with Gasteiger partial charge in [0.05, 0.1) is 17.8 Å². The van der Waals surface area contributed by atoms with Crippen molar-refractivity contribution in [2.75, 3.05) is 18.5 Å². The highest BCUT2D eigenvalue weighted by atomic mass is 16.3. The molecular formula is C26H23N5O3. The number of anilines is 1. The maximum atomic E-state index is 12.6. The van der Waals surface area contributed by atoms with Crippen molar-refractivity contribution in [3.8, 4) is 22.4 Å². The molecule has 0 radical (unpaired) electrons. The second-order valence-electron chi connectivity index (χ2n) is 8.29. The molecule has 1 unspecified atom stereocenters. The molecule has 8 nitrogen and oxygen atoms in total. The molecule has 170 valence electrons. The van der Waals surface area contributed by atoms with Gasteiger partial charge in [-0.1, -0.05) is 36.4 Å². The van der Waals surface area contributed by atoms with Gasteiger partial charge in [0.25, 0.3) is 5.91 Å². The van der Waals surface area contributed by atoms with Gasteiger partial charge in [-0.05, 0) is 47.9 Å². The monoisotopic (exact) mass is 453 g/mol. The Morgan fingerprint density at radius 1 is 0.971 bits per heavy atom. The number of nitrogens with one attached hydrogen (secondary N) is 3. The van der Waals surface area contributed by atoms with Crippen LogP contribution in [0.5, 0.6) is 0 Å². The van der Waals surface area contributed by atoms with Gasteiger partial charge in [0, 0.05) is 35.6 Å². The standard InChI is InChI=1S/C26H23N5O3/c1-26(24(33)30-25(34)31-26)21-14-23(29-22-10-11-27-15-20(21)22)18-4-2-16(3-5-18)17-6-8-19(9-7-17)28-12-13-32/h2-11,14-15,28,32H,12-13H2,1H3,(H2,30,31,33,34). The number of fused-ring (bicyclic) bond motifs is 1. The summed E-state index contributed by atoms with van der Waals surface area (Å²) in [5, 5.41) is 17.9. The first-order valence-corrected chi connectivity index (χ1v) is 10.9. The fraction of sp³-hybridized carbons (Fsp3) is 0.154. The Labute approximate surface area is 196 Å². The summed E-state index contributed by atoms with van der Waals surface area (Å²) in [5.41, 5.74) is 4.76. The first-order valence-electron chi connectivity index (χ1n) is 10.9. The Morgan fingerprint density at radius 2 is 1.65 bits per heavy atom. The number of imide groups is 1. The normalized spacial score (nSPS) is 17.5. The number of amides is 3. The van der Waals surface area contributed by atoms with Gasteiger partial charge in [0.15, 0.2) is 0 Å². The van der Waals surface area contributed by atoms with Crippen LogP contribution in [0.15, 0.2) is 73.1 Å². The fourth-order valence-corrected chi connectivity index (χ4v) is 4.18. The van der Waals surface area contributed by atoms with Crippen LogP contribution < -0.4 is 16.0 Å². The molecular weight excluding hydrogens is 430 g/mol. The number of aliphatic hydroxyl groups excluding tert-OH is 1. The van der Waals surface area contributed by atoms with Gasteiger partial charge < -0.3 is 15.7 Å². The van der Waals surface area contributed by atoms with Crippen LogP contribution in [-0.2, 0) is 10.3 Å². The lowest BCUT2D eigenvalue weighted by atomic mass is 9.88. The zero-order chi connectivity index (χ0) is 23.7. The third kappa shape index (κ3) is 3.84. The molecule has 34 heavy (non-hydrogen) atoms. The van der Waals surface area contributed by atoms with E-state index in [1.165, 1.54) is 0 Å². The quantitative estimate of drug-likeness (QED) is 0.333. The molecule has 3 amide bonds. The van der Waals surface area contributed by atoms with Crippen LogP contribution in [0, 0.1) is 0 Å². The van der Waals surface area contributed by atoms with E-state index in [2.05, 4.69) is 20.9 Å². The summed E-state index contributed by atoms with van der Waals surface area (Å²) < 4.78 is 0. The summed E-state index contributed by atoms with van der Waals surface area (Å²) in [6, 6.07) is 19.1. The van der Waals surface area contributed by atoms with Gasteiger partial charge in [0.1, 0.15) is 5.54 Å². The molecule has 1 fully saturated rings. The van der Waals surface area contributed by atoms with Crippen LogP contribution >= 0.6 is 0 Å². The number of pyridine rings is 2. The van der Waals surface area contributed by atoms with E-state index in [0.29, 0.717) is 28.7 Å². The van der Waals surface area contributed by atoms with Gasteiger partial charge in [-0.2, -0.15) is 0 Å². The Bertz CT molecular complexity index is 1390. The van der Waals surface area contributed by atoms with Crippen LogP contribution in [-0.4, -0.2) is 40.2 Å². The lowest BCUT2D eigenvalue weighted by Gasteiger charge is -2.23. The first-order chi connectivity index (χ1) is 16.5. The number of hydrogen-bond acceptors (Lipinski definition) is 6. The maximum absolute atomic E-state index is 12.6. The molecule has 1 saturated heterocycles. The highest BCUT2D eigenvalue weighted by molar-refractivity contribution is 6.09. The van der Waals surface area contributed by atoms with Gasteiger partial charge in [-0.25, -0.2) is 9.78 Å². The third-order valence-electron chi connectivity index (χ3n) is 6.03. The highest BCUT2D eigenvalue weighted by Gasteiger charge is 2.44. The van der Waals surface area contributed by atoms with E-state index in [-0.39, 0.29) is 6.61 Å². The van der Waals surface area contributed by atoms with Crippen LogP contribution in [0.25, 0.3) is 33.3 Å². The van der Waals surface area contributed by atoms with Crippen molar-refractivity contribution in [3.63, 3.8) is 0 Å². The van der Waals surface area contributed by atoms with E-state index in [1.54, 1.807) is 25.4 Å². The third-order valence-corrected chi connectivity index (χ3v) is 6.03. The molecule has 0 spiro atoms. The maximum Gasteiger partial charge on any atom is 0.322 e. The van der Waals surface area contributed by atoms with Gasteiger partial charge in [0.2, 0.25) is 0 Å². The summed E-state index contributed by atoms with van der Waals surface area (Å²) in [4.78, 5) is 33.5. The molecule has 1 aliphatic heterocycles. The molecule has 8 heteroatoms. The minimum Gasteiger partial charge on any atom is -0.395 e. The van der Waals surface area contributed by atoms with Crippen molar-refractivity contribution in [1.29, 1.82) is 0 Å². The van der Waals surface area contributed by atoms with Crippen LogP contribution in [0.2, 0.25) is 0 Å². The van der Waals surface area contributed by atoms with Crippen molar-refractivity contribution in [3.05, 3.63) is 78.6 Å². The van der Waals surface area contributed by atoms with Crippen molar-refractivity contribution in [1.82, 2.24) is 20.6 Å². The van der Waals surface area contributed by atoms with E-state index >= 15 is 0 Å². The number of nitrogens with zero attached hydrogens (tertiary/aromatic N) is 2. The van der Waals surface area contributed by atoms with Gasteiger partial charge >= 0.3 is 6.03 Å². The molecule has 2 aromatic heterocycles. The second-order valence-corrected chi connectivity index (χ2v) is 8.29. The molecule has 3 heterocycles. The van der Waals surface area contributed by atoms with Crippen LogP contribution in [0.3, 0.4) is 0 Å². The van der Waals surface area contributed by atoms with Gasteiger partial charge in [-0.15, -0.1) is 0 Å². The lowest BCUT2D eigenvalue weighted by Crippen LogP contribution is -2.40. The predicted octanol–water partition coefficient (Wildman–Crippen LogP) is 3.42. The van der Waals surface area contributed by atoms with Crippen LogP contribution in [0.1, 0.15) is 12.5 Å². The first kappa shape index (κ1) is 21.5. The smallest absolute Gasteiger partial charge is 0.322 e. The Hall–Kier alpha value is -4.30. The van der Waals surface area contributed by atoms with Crippen LogP contribution in [0.4, 0.5) is 10.5 Å². The number of rotatable bonds is 6. The highest BCUT2D eigenvalue weighted by Crippen LogP contribution is 2.34. The number of benzene rings is 2. The van der Waals surface area contributed by atoms with Crippen molar-refractivity contribution in [2.45, 2.75) is 12.5 Å². The zero-order valence-electron chi connectivity index (χ0n) is 18.5. The number of hydrogen-bond donors (Lipinski definition) is 4. The number of urea groups is 1. The molecule has 0 bridgehead atoms. The topological polar surface area (TPSA) is 116 Å². The Morgan fingerprint density at radius 3 is 2.29 bits per heavy atom. The number of aromatic nitrogens is 2. The average Bonchev–Trinajstić information content (AvgIpc) is 3.14. The van der Waals surface area contributed by atoms with E-state index in [4.69, 9.17) is 10.1 Å². The summed E-state index contributed by atoms with van der Waals surface area (Å²) in [5.74, 6) is -0.410. The molecule has 1 aliphatic rings. The van der Waals surface area contributed by atoms with E-state index in [9.17, 15) is 9.59 Å². The minimum absolute atomic E-state index is 0.0838. The Kier molecular flexibility index (Phi) is 5.43. The summed E-state index contributed by atoms with van der Waals surface area (Å²) in [7, 11) is 0. The van der Waals surface area contributed by atoms with E-state index in [1.807, 2.05) is 54.6 Å². The molecule has 1 atom stereocenters. The van der Waals surface area contributed by atoms with Crippen molar-refractivity contribution < 1.29 is 14.7 Å². The molecule has 0 aliphatic carbocycles. The Balaban J connectivity index is 1.51. The zero-order valence-corrected chi connectivity index (χ0v) is 18.5. The minimum atomic E-state index is -1.22. The molecule has 2 aromatic carbocycles. The summed E-state index contributed by atoms with van der Waals surface area (Å²) in [6.45, 7) is 2.27. The number of carbonyl (C=O) groups excluding carboxylic acids is 2. The average molecular weight is 454 g/mol. The molecule has 4 N–H and O–H groups in total. The second kappa shape index (κ2) is 8.57. The van der Waals surface area contributed by atoms with E-state index in [0.717, 1.165) is 22.4 Å². The lowest BCUT2D eigenvalue weighted by molar-refractivity contribution is -0.123. The molecule has 5 rings (SSSR count). The molecule has 0 saturated carbocycles. The largest absolute Gasteiger partial charge is 0.395 e. The summed E-state index contributed by atoms with van der Waals surface area (Å²) in [6.07, 6.45) is 3.31. The van der Waals surface area contributed by atoms with Crippen molar-refractivity contribution >= 4 is 28.5 Å². The fourth-order valence-electron chi connectivity index (χ4n) is 4.18. The van der Waals surface area contributed by atoms with Gasteiger partial charge in [-0.3, -0.25) is 15.1 Å².